The Morgan fingerprint density at radius 3 is 2.96 bits per heavy atom. The van der Waals surface area contributed by atoms with Crippen LogP contribution >= 0.6 is 0 Å². The minimum atomic E-state index is -0.137. The van der Waals surface area contributed by atoms with Gasteiger partial charge in [-0.15, -0.1) is 5.10 Å². The van der Waals surface area contributed by atoms with Crippen molar-refractivity contribution >= 4 is 11.7 Å². The molecule has 0 aliphatic carbocycles. The third-order valence-electron chi connectivity index (χ3n) is 4.44. The Morgan fingerprint density at radius 2 is 2.17 bits per heavy atom. The molecule has 1 unspecified atom stereocenters. The van der Waals surface area contributed by atoms with E-state index >= 15 is 0 Å². The van der Waals surface area contributed by atoms with Crippen molar-refractivity contribution in [3.05, 3.63) is 42.0 Å². The number of amides is 1. The van der Waals surface area contributed by atoms with Gasteiger partial charge in [-0.25, -0.2) is 14.5 Å². The predicted octanol–water partition coefficient (Wildman–Crippen LogP) is 1.41. The Bertz CT molecular complexity index is 883. The quantitative estimate of drug-likeness (QED) is 0.712. The van der Waals surface area contributed by atoms with E-state index in [2.05, 4.69) is 24.6 Å². The lowest BCUT2D eigenvalue weighted by molar-refractivity contribution is 0.0667. The molecule has 0 N–H and O–H groups in total. The van der Waals surface area contributed by atoms with Crippen LogP contribution < -0.4 is 0 Å². The number of hydrogen-bond acceptors (Lipinski definition) is 5. The number of piperidine rings is 1. The minimum absolute atomic E-state index is 0.137. The molecule has 8 nitrogen and oxygen atoms in total. The monoisotopic (exact) mass is 325 g/mol. The lowest BCUT2D eigenvalue weighted by Gasteiger charge is -2.32. The average Bonchev–Trinajstić information content (AvgIpc) is 3.24. The second-order valence-corrected chi connectivity index (χ2v) is 6.24. The summed E-state index contributed by atoms with van der Waals surface area (Å²) in [6.07, 6.45) is 7.51. The van der Waals surface area contributed by atoms with Crippen LogP contribution in [0, 0.1) is 13.8 Å². The van der Waals surface area contributed by atoms with Gasteiger partial charge in [0.25, 0.3) is 11.7 Å². The number of likely N-dealkylation sites (tertiary alicyclic amines) is 1. The SMILES string of the molecule is Cc1cc(C)n2nc(C(=O)N3CCCC(n4ccnc4)C3)nc2n1. The number of imidazole rings is 1. The summed E-state index contributed by atoms with van der Waals surface area (Å²) in [6, 6.07) is 2.18. The number of rotatable bonds is 2. The zero-order valence-electron chi connectivity index (χ0n) is 13.8. The first-order valence-electron chi connectivity index (χ1n) is 8.09. The van der Waals surface area contributed by atoms with Crippen molar-refractivity contribution in [2.75, 3.05) is 13.1 Å². The van der Waals surface area contributed by atoms with Crippen LogP contribution in [0.1, 0.15) is 40.9 Å². The molecule has 0 saturated carbocycles. The van der Waals surface area contributed by atoms with Gasteiger partial charge in [0, 0.05) is 36.9 Å². The van der Waals surface area contributed by atoms with Crippen LogP contribution in [0.3, 0.4) is 0 Å². The zero-order chi connectivity index (χ0) is 16.7. The highest BCUT2D eigenvalue weighted by Gasteiger charge is 2.28. The average molecular weight is 325 g/mol. The third kappa shape index (κ3) is 2.53. The summed E-state index contributed by atoms with van der Waals surface area (Å²) in [4.78, 5) is 27.4. The largest absolute Gasteiger partial charge is 0.334 e. The molecule has 0 aromatic carbocycles. The normalized spacial score (nSPS) is 18.2. The number of nitrogens with zero attached hydrogens (tertiary/aromatic N) is 7. The van der Waals surface area contributed by atoms with Crippen LogP contribution in [0.5, 0.6) is 0 Å². The molecule has 1 saturated heterocycles. The summed E-state index contributed by atoms with van der Waals surface area (Å²) in [5.41, 5.74) is 1.78. The number of aromatic nitrogens is 6. The van der Waals surface area contributed by atoms with E-state index in [0.717, 1.165) is 30.8 Å². The molecule has 3 aromatic heterocycles. The molecular formula is C16H19N7O. The highest BCUT2D eigenvalue weighted by Crippen LogP contribution is 2.22. The van der Waals surface area contributed by atoms with Gasteiger partial charge in [0.15, 0.2) is 0 Å². The Morgan fingerprint density at radius 1 is 1.29 bits per heavy atom. The number of carbonyl (C=O) groups excluding carboxylic acids is 1. The van der Waals surface area contributed by atoms with Crippen LogP contribution in [0.4, 0.5) is 0 Å². The van der Waals surface area contributed by atoms with E-state index in [1.165, 1.54) is 0 Å². The second-order valence-electron chi connectivity index (χ2n) is 6.24. The van der Waals surface area contributed by atoms with Crippen molar-refractivity contribution < 1.29 is 4.79 Å². The summed E-state index contributed by atoms with van der Waals surface area (Å²) in [6.45, 7) is 5.21. The lowest BCUT2D eigenvalue weighted by Crippen LogP contribution is -2.41. The molecule has 0 radical (unpaired) electrons. The molecule has 4 rings (SSSR count). The summed E-state index contributed by atoms with van der Waals surface area (Å²) in [7, 11) is 0. The van der Waals surface area contributed by atoms with Gasteiger partial charge in [0.05, 0.1) is 12.4 Å². The van der Waals surface area contributed by atoms with Crippen LogP contribution in [0.15, 0.2) is 24.8 Å². The van der Waals surface area contributed by atoms with Gasteiger partial charge < -0.3 is 9.47 Å². The van der Waals surface area contributed by atoms with Gasteiger partial charge >= 0.3 is 0 Å². The molecule has 1 amide bonds. The second kappa shape index (κ2) is 5.70. The predicted molar refractivity (Wildman–Crippen MR) is 86.7 cm³/mol. The van der Waals surface area contributed by atoms with Gasteiger partial charge in [-0.1, -0.05) is 0 Å². The van der Waals surface area contributed by atoms with E-state index in [4.69, 9.17) is 0 Å². The van der Waals surface area contributed by atoms with Gasteiger partial charge in [0.1, 0.15) is 0 Å². The summed E-state index contributed by atoms with van der Waals surface area (Å²) in [5.74, 6) is 0.545. The summed E-state index contributed by atoms with van der Waals surface area (Å²) in [5, 5.41) is 4.35. The molecule has 3 aromatic rings. The molecule has 1 atom stereocenters. The highest BCUT2D eigenvalue weighted by molar-refractivity contribution is 5.91. The summed E-state index contributed by atoms with van der Waals surface area (Å²) >= 11 is 0. The maximum atomic E-state index is 12.8. The minimum Gasteiger partial charge on any atom is -0.334 e. The molecule has 1 fully saturated rings. The van der Waals surface area contributed by atoms with E-state index in [0.29, 0.717) is 12.3 Å². The molecule has 1 aliphatic heterocycles. The van der Waals surface area contributed by atoms with E-state index < -0.39 is 0 Å². The van der Waals surface area contributed by atoms with Crippen LogP contribution in [-0.4, -0.2) is 53.0 Å². The molecule has 4 heterocycles. The van der Waals surface area contributed by atoms with Crippen molar-refractivity contribution in [3.8, 4) is 0 Å². The Hall–Kier alpha value is -2.77. The van der Waals surface area contributed by atoms with Crippen molar-refractivity contribution in [2.45, 2.75) is 32.7 Å². The maximum absolute atomic E-state index is 12.8. The van der Waals surface area contributed by atoms with Crippen LogP contribution in [0.2, 0.25) is 0 Å². The lowest BCUT2D eigenvalue weighted by atomic mass is 10.1. The molecule has 0 bridgehead atoms. The highest BCUT2D eigenvalue weighted by atomic mass is 16.2. The van der Waals surface area contributed by atoms with Gasteiger partial charge in [-0.2, -0.15) is 4.98 Å². The Labute approximate surface area is 139 Å². The fraction of sp³-hybridized carbons (Fsp3) is 0.438. The molecule has 8 heteroatoms. The number of hydrogen-bond donors (Lipinski definition) is 0. The molecule has 0 spiro atoms. The number of fused-ring (bicyclic) bond motifs is 1. The molecular weight excluding hydrogens is 306 g/mol. The number of carbonyl (C=O) groups is 1. The topological polar surface area (TPSA) is 81.2 Å². The molecule has 1 aliphatic rings. The van der Waals surface area contributed by atoms with Crippen molar-refractivity contribution in [1.29, 1.82) is 0 Å². The smallest absolute Gasteiger partial charge is 0.293 e. The molecule has 24 heavy (non-hydrogen) atoms. The number of aryl methyl sites for hydroxylation is 2. The molecule has 124 valence electrons. The van der Waals surface area contributed by atoms with Crippen LogP contribution in [0.25, 0.3) is 5.78 Å². The van der Waals surface area contributed by atoms with Crippen molar-refractivity contribution in [1.82, 2.24) is 34.0 Å². The Kier molecular flexibility index (Phi) is 3.51. The van der Waals surface area contributed by atoms with Crippen molar-refractivity contribution in [2.24, 2.45) is 0 Å². The Balaban J connectivity index is 1.60. The first kappa shape index (κ1) is 14.8. The maximum Gasteiger partial charge on any atom is 0.293 e. The summed E-state index contributed by atoms with van der Waals surface area (Å²) < 4.78 is 3.68. The fourth-order valence-corrected chi connectivity index (χ4v) is 3.27. The fourth-order valence-electron chi connectivity index (χ4n) is 3.27. The van der Waals surface area contributed by atoms with E-state index in [-0.39, 0.29) is 17.8 Å². The van der Waals surface area contributed by atoms with Crippen LogP contribution in [-0.2, 0) is 0 Å². The standard InChI is InChI=1S/C16H19N7O/c1-11-8-12(2)23-16(18-11)19-14(20-23)15(24)21-6-3-4-13(9-21)22-7-5-17-10-22/h5,7-8,10,13H,3-4,6,9H2,1-2H3. The van der Waals surface area contributed by atoms with Crippen molar-refractivity contribution in [3.63, 3.8) is 0 Å². The zero-order valence-corrected chi connectivity index (χ0v) is 13.8. The third-order valence-corrected chi connectivity index (χ3v) is 4.44. The van der Waals surface area contributed by atoms with E-state index in [1.54, 1.807) is 17.0 Å². The van der Waals surface area contributed by atoms with E-state index in [9.17, 15) is 4.79 Å². The first-order chi connectivity index (χ1) is 11.6. The van der Waals surface area contributed by atoms with Gasteiger partial charge in [-0.05, 0) is 32.8 Å². The first-order valence-corrected chi connectivity index (χ1v) is 8.09. The van der Waals surface area contributed by atoms with Gasteiger partial charge in [0.2, 0.25) is 5.82 Å². The van der Waals surface area contributed by atoms with Gasteiger partial charge in [-0.3, -0.25) is 4.79 Å². The van der Waals surface area contributed by atoms with E-state index in [1.807, 2.05) is 31.0 Å².